The molecule has 1 fully saturated rings. The number of amides is 1. The van der Waals surface area contributed by atoms with E-state index in [-0.39, 0.29) is 12.5 Å². The molecule has 0 saturated carbocycles. The van der Waals surface area contributed by atoms with E-state index in [1.807, 2.05) is 0 Å². The number of nitriles is 1. The lowest BCUT2D eigenvalue weighted by Gasteiger charge is -2.35. The maximum absolute atomic E-state index is 12.4. The van der Waals surface area contributed by atoms with Crippen LogP contribution in [0.4, 0.5) is 0 Å². The van der Waals surface area contributed by atoms with Gasteiger partial charge >= 0.3 is 0 Å². The van der Waals surface area contributed by atoms with E-state index in [1.165, 1.54) is 0 Å². The van der Waals surface area contributed by atoms with Gasteiger partial charge in [-0.15, -0.1) is 0 Å². The number of carbonyl (C=O) groups excluding carboxylic acids is 1. The lowest BCUT2D eigenvalue weighted by atomic mass is 10.2. The number of carbonyl (C=O) groups is 1. The third-order valence-corrected chi connectivity index (χ3v) is 3.76. The number of rotatable bonds is 5. The van der Waals surface area contributed by atoms with Crippen molar-refractivity contribution in [3.8, 4) is 11.8 Å². The molecule has 1 aromatic rings. The minimum Gasteiger partial charge on any atom is -0.480 e. The van der Waals surface area contributed by atoms with Crippen LogP contribution < -0.4 is 4.74 Å². The Balaban J connectivity index is 1.92. The fourth-order valence-corrected chi connectivity index (χ4v) is 2.49. The first-order valence-electron chi connectivity index (χ1n) is 7.43. The van der Waals surface area contributed by atoms with Crippen LogP contribution in [0.1, 0.15) is 12.5 Å². The van der Waals surface area contributed by atoms with Gasteiger partial charge in [0.25, 0.3) is 5.91 Å². The standard InChI is InChI=1S/C16H21N3O3/c1-13(22-15-5-3-2-4-14(15)12-17)16(21)19-8-6-18(7-9-19)10-11-20/h2-5,13,20H,6-11H2,1H3/t13-/m0/s1. The molecule has 1 aliphatic heterocycles. The van der Waals surface area contributed by atoms with Gasteiger partial charge in [-0.25, -0.2) is 0 Å². The Kier molecular flexibility index (Phi) is 5.75. The molecule has 0 spiro atoms. The largest absolute Gasteiger partial charge is 0.480 e. The summed E-state index contributed by atoms with van der Waals surface area (Å²) in [7, 11) is 0. The van der Waals surface area contributed by atoms with E-state index >= 15 is 0 Å². The molecule has 1 atom stereocenters. The Hall–Kier alpha value is -2.10. The van der Waals surface area contributed by atoms with Crippen LogP contribution in [0.5, 0.6) is 5.75 Å². The van der Waals surface area contributed by atoms with E-state index in [2.05, 4.69) is 11.0 Å². The van der Waals surface area contributed by atoms with Crippen molar-refractivity contribution in [2.75, 3.05) is 39.3 Å². The van der Waals surface area contributed by atoms with Gasteiger partial charge in [-0.3, -0.25) is 9.69 Å². The van der Waals surface area contributed by atoms with E-state index in [1.54, 1.807) is 36.1 Å². The summed E-state index contributed by atoms with van der Waals surface area (Å²) < 4.78 is 5.66. The van der Waals surface area contributed by atoms with Crippen molar-refractivity contribution in [1.29, 1.82) is 5.26 Å². The molecule has 0 aromatic heterocycles. The third kappa shape index (κ3) is 3.97. The number of hydrogen-bond donors (Lipinski definition) is 1. The fraction of sp³-hybridized carbons (Fsp3) is 0.500. The maximum Gasteiger partial charge on any atom is 0.263 e. The van der Waals surface area contributed by atoms with Crippen LogP contribution in [0.2, 0.25) is 0 Å². The summed E-state index contributed by atoms with van der Waals surface area (Å²) in [5, 5.41) is 18.0. The fourth-order valence-electron chi connectivity index (χ4n) is 2.49. The number of benzene rings is 1. The summed E-state index contributed by atoms with van der Waals surface area (Å²) in [5.41, 5.74) is 0.426. The Morgan fingerprint density at radius 3 is 2.68 bits per heavy atom. The van der Waals surface area contributed by atoms with E-state index in [9.17, 15) is 4.79 Å². The highest BCUT2D eigenvalue weighted by Crippen LogP contribution is 2.19. The number of ether oxygens (including phenoxy) is 1. The smallest absolute Gasteiger partial charge is 0.263 e. The van der Waals surface area contributed by atoms with E-state index in [0.29, 0.717) is 30.9 Å². The molecule has 1 heterocycles. The predicted molar refractivity (Wildman–Crippen MR) is 81.4 cm³/mol. The van der Waals surface area contributed by atoms with Gasteiger partial charge in [-0.2, -0.15) is 5.26 Å². The van der Waals surface area contributed by atoms with Crippen molar-refractivity contribution in [1.82, 2.24) is 9.80 Å². The second kappa shape index (κ2) is 7.78. The number of aliphatic hydroxyl groups excluding tert-OH is 1. The lowest BCUT2D eigenvalue weighted by Crippen LogP contribution is -2.52. The van der Waals surface area contributed by atoms with Gasteiger partial charge in [0.1, 0.15) is 11.8 Å². The second-order valence-electron chi connectivity index (χ2n) is 5.26. The number of hydrogen-bond acceptors (Lipinski definition) is 5. The van der Waals surface area contributed by atoms with Gasteiger partial charge in [0, 0.05) is 32.7 Å². The molecule has 118 valence electrons. The Bertz CT molecular complexity index is 548. The lowest BCUT2D eigenvalue weighted by molar-refractivity contribution is -0.139. The first kappa shape index (κ1) is 16.3. The van der Waals surface area contributed by atoms with Gasteiger partial charge in [0.05, 0.1) is 12.2 Å². The van der Waals surface area contributed by atoms with Crippen LogP contribution in [-0.2, 0) is 4.79 Å². The average Bonchev–Trinajstić information content (AvgIpc) is 2.55. The molecule has 0 bridgehead atoms. The summed E-state index contributed by atoms with van der Waals surface area (Å²) in [4.78, 5) is 16.3. The maximum atomic E-state index is 12.4. The molecule has 0 radical (unpaired) electrons. The first-order valence-corrected chi connectivity index (χ1v) is 7.43. The highest BCUT2D eigenvalue weighted by atomic mass is 16.5. The van der Waals surface area contributed by atoms with E-state index < -0.39 is 6.10 Å². The molecule has 0 unspecified atom stereocenters. The van der Waals surface area contributed by atoms with E-state index in [0.717, 1.165) is 13.1 Å². The Labute approximate surface area is 130 Å². The molecule has 0 aliphatic carbocycles. The minimum atomic E-state index is -0.626. The normalized spacial score (nSPS) is 16.9. The molecule has 1 amide bonds. The molecule has 6 heteroatoms. The third-order valence-electron chi connectivity index (χ3n) is 3.76. The number of aliphatic hydroxyl groups is 1. The average molecular weight is 303 g/mol. The molecule has 1 saturated heterocycles. The van der Waals surface area contributed by atoms with Gasteiger partial charge in [0.15, 0.2) is 6.10 Å². The SMILES string of the molecule is C[C@H](Oc1ccccc1C#N)C(=O)N1CCN(CCO)CC1. The zero-order valence-electron chi connectivity index (χ0n) is 12.7. The summed E-state index contributed by atoms with van der Waals surface area (Å²) >= 11 is 0. The summed E-state index contributed by atoms with van der Waals surface area (Å²) in [6.07, 6.45) is -0.626. The minimum absolute atomic E-state index is 0.0728. The quantitative estimate of drug-likeness (QED) is 0.855. The molecular weight excluding hydrogens is 282 g/mol. The molecule has 6 nitrogen and oxygen atoms in total. The highest BCUT2D eigenvalue weighted by molar-refractivity contribution is 5.81. The summed E-state index contributed by atoms with van der Waals surface area (Å²) in [5.74, 6) is 0.362. The van der Waals surface area contributed by atoms with Crippen LogP contribution >= 0.6 is 0 Å². The zero-order valence-corrected chi connectivity index (χ0v) is 12.7. The molecular formula is C16H21N3O3. The number of para-hydroxylation sites is 1. The predicted octanol–water partition coefficient (Wildman–Crippen LogP) is 0.462. The topological polar surface area (TPSA) is 76.8 Å². The first-order chi connectivity index (χ1) is 10.7. The number of nitrogens with zero attached hydrogens (tertiary/aromatic N) is 3. The number of β-amino-alcohol motifs (C(OH)–C–C–N with tert-alkyl or cyclic N) is 1. The van der Waals surface area contributed by atoms with Crippen LogP contribution in [-0.4, -0.2) is 66.2 Å². The van der Waals surface area contributed by atoms with Crippen molar-refractivity contribution in [2.45, 2.75) is 13.0 Å². The van der Waals surface area contributed by atoms with Crippen molar-refractivity contribution in [2.24, 2.45) is 0 Å². The van der Waals surface area contributed by atoms with E-state index in [4.69, 9.17) is 15.1 Å². The van der Waals surface area contributed by atoms with Crippen LogP contribution in [0, 0.1) is 11.3 Å². The van der Waals surface area contributed by atoms with Crippen molar-refractivity contribution >= 4 is 5.91 Å². The van der Waals surface area contributed by atoms with Gasteiger partial charge in [0.2, 0.25) is 0 Å². The molecule has 22 heavy (non-hydrogen) atoms. The van der Waals surface area contributed by atoms with Crippen molar-refractivity contribution in [3.05, 3.63) is 29.8 Å². The van der Waals surface area contributed by atoms with Crippen molar-refractivity contribution in [3.63, 3.8) is 0 Å². The van der Waals surface area contributed by atoms with Crippen molar-refractivity contribution < 1.29 is 14.6 Å². The monoisotopic (exact) mass is 303 g/mol. The van der Waals surface area contributed by atoms with Crippen LogP contribution in [0.15, 0.2) is 24.3 Å². The zero-order chi connectivity index (χ0) is 15.9. The summed E-state index contributed by atoms with van der Waals surface area (Å²) in [6, 6.07) is 8.96. The highest BCUT2D eigenvalue weighted by Gasteiger charge is 2.26. The van der Waals surface area contributed by atoms with Gasteiger partial charge in [-0.1, -0.05) is 12.1 Å². The van der Waals surface area contributed by atoms with Crippen LogP contribution in [0.25, 0.3) is 0 Å². The molecule has 1 N–H and O–H groups in total. The van der Waals surface area contributed by atoms with Gasteiger partial charge < -0.3 is 14.7 Å². The number of piperazine rings is 1. The Morgan fingerprint density at radius 1 is 1.36 bits per heavy atom. The van der Waals surface area contributed by atoms with Gasteiger partial charge in [-0.05, 0) is 19.1 Å². The molecule has 1 aromatic carbocycles. The second-order valence-corrected chi connectivity index (χ2v) is 5.26. The van der Waals surface area contributed by atoms with Crippen LogP contribution in [0.3, 0.4) is 0 Å². The summed E-state index contributed by atoms with van der Waals surface area (Å²) in [6.45, 7) is 5.26. The molecule has 2 rings (SSSR count). The Morgan fingerprint density at radius 2 is 2.05 bits per heavy atom. The molecule has 1 aliphatic rings.